The second-order valence-corrected chi connectivity index (χ2v) is 6.35. The van der Waals surface area contributed by atoms with Crippen molar-refractivity contribution in [2.45, 2.75) is 6.61 Å². The van der Waals surface area contributed by atoms with E-state index in [9.17, 15) is 9.59 Å². The molecular formula is C19H15Cl2NO5. The van der Waals surface area contributed by atoms with Crippen molar-refractivity contribution in [3.05, 3.63) is 63.8 Å². The molecule has 8 heteroatoms. The normalized spacial score (nSPS) is 10.8. The highest BCUT2D eigenvalue weighted by Gasteiger charge is 2.22. The molecule has 6 nitrogen and oxygen atoms in total. The lowest BCUT2D eigenvalue weighted by Crippen LogP contribution is -2.21. The Morgan fingerprint density at radius 2 is 1.89 bits per heavy atom. The van der Waals surface area contributed by atoms with Crippen molar-refractivity contribution >= 4 is 51.7 Å². The van der Waals surface area contributed by atoms with E-state index in [1.807, 2.05) is 12.1 Å². The molecule has 0 fully saturated rings. The van der Waals surface area contributed by atoms with E-state index in [0.717, 1.165) is 5.39 Å². The third-order valence-electron chi connectivity index (χ3n) is 3.73. The van der Waals surface area contributed by atoms with Gasteiger partial charge in [-0.1, -0.05) is 47.5 Å². The first-order valence-electron chi connectivity index (χ1n) is 7.91. The van der Waals surface area contributed by atoms with Crippen LogP contribution in [-0.4, -0.2) is 25.6 Å². The van der Waals surface area contributed by atoms with E-state index in [0.29, 0.717) is 21.9 Å². The number of anilines is 1. The minimum absolute atomic E-state index is 0.00615. The lowest BCUT2D eigenvalue weighted by atomic mass is 10.1. The summed E-state index contributed by atoms with van der Waals surface area (Å²) in [6, 6.07) is 12.0. The smallest absolute Gasteiger partial charge is 0.375 e. The molecule has 1 N–H and O–H groups in total. The minimum atomic E-state index is -0.759. The Kier molecular flexibility index (Phi) is 6.01. The lowest BCUT2D eigenvalue weighted by molar-refractivity contribution is -0.119. The third-order valence-corrected chi connectivity index (χ3v) is 4.55. The maximum absolute atomic E-state index is 12.4. The van der Waals surface area contributed by atoms with Crippen molar-refractivity contribution in [3.8, 4) is 0 Å². The van der Waals surface area contributed by atoms with Gasteiger partial charge in [0, 0.05) is 18.1 Å². The Morgan fingerprint density at radius 1 is 1.11 bits per heavy atom. The largest absolute Gasteiger partial charge is 0.450 e. The van der Waals surface area contributed by atoms with E-state index in [2.05, 4.69) is 5.32 Å². The average molecular weight is 408 g/mol. The fraction of sp³-hybridized carbons (Fsp3) is 0.158. The topological polar surface area (TPSA) is 77.8 Å². The highest BCUT2D eigenvalue weighted by molar-refractivity contribution is 6.44. The molecule has 0 atom stereocenters. The van der Waals surface area contributed by atoms with Gasteiger partial charge >= 0.3 is 5.97 Å². The molecule has 3 aromatic rings. The maximum atomic E-state index is 12.4. The maximum Gasteiger partial charge on any atom is 0.375 e. The van der Waals surface area contributed by atoms with Crippen molar-refractivity contribution in [2.75, 3.05) is 19.0 Å². The number of carbonyl (C=O) groups excluding carboxylic acids is 2. The molecule has 0 aliphatic rings. The number of nitrogens with one attached hydrogen (secondary N) is 1. The van der Waals surface area contributed by atoms with E-state index >= 15 is 0 Å². The summed E-state index contributed by atoms with van der Waals surface area (Å²) in [5.74, 6) is -1.31. The zero-order valence-electron chi connectivity index (χ0n) is 14.3. The molecule has 0 aliphatic heterocycles. The highest BCUT2D eigenvalue weighted by atomic mass is 35.5. The van der Waals surface area contributed by atoms with Gasteiger partial charge in [0.05, 0.1) is 22.3 Å². The summed E-state index contributed by atoms with van der Waals surface area (Å²) in [5, 5.41) is 3.80. The number of methoxy groups -OCH3 is 1. The van der Waals surface area contributed by atoms with Crippen LogP contribution in [0.1, 0.15) is 16.1 Å². The molecule has 0 unspecified atom stereocenters. The first-order valence-corrected chi connectivity index (χ1v) is 8.67. The Labute approximate surface area is 164 Å². The van der Waals surface area contributed by atoms with Crippen molar-refractivity contribution in [2.24, 2.45) is 0 Å². The van der Waals surface area contributed by atoms with E-state index in [-0.39, 0.29) is 17.4 Å². The fourth-order valence-corrected chi connectivity index (χ4v) is 2.88. The van der Waals surface area contributed by atoms with Crippen molar-refractivity contribution in [1.29, 1.82) is 0 Å². The second kappa shape index (κ2) is 8.43. The van der Waals surface area contributed by atoms with Crippen molar-refractivity contribution in [1.82, 2.24) is 0 Å². The average Bonchev–Trinajstić information content (AvgIpc) is 3.03. The number of carbonyl (C=O) groups is 2. The van der Waals surface area contributed by atoms with Crippen LogP contribution in [0, 0.1) is 0 Å². The molecule has 3 rings (SSSR count). The van der Waals surface area contributed by atoms with Crippen LogP contribution >= 0.6 is 23.2 Å². The number of esters is 1. The van der Waals surface area contributed by atoms with Crippen LogP contribution in [0.15, 0.2) is 46.9 Å². The minimum Gasteiger partial charge on any atom is -0.450 e. The van der Waals surface area contributed by atoms with Gasteiger partial charge in [0.2, 0.25) is 5.76 Å². The van der Waals surface area contributed by atoms with Crippen molar-refractivity contribution in [3.63, 3.8) is 0 Å². The van der Waals surface area contributed by atoms with Gasteiger partial charge in [-0.05, 0) is 18.2 Å². The summed E-state index contributed by atoms with van der Waals surface area (Å²) in [6.45, 7) is -0.336. The summed E-state index contributed by atoms with van der Waals surface area (Å²) >= 11 is 11.9. The number of furan rings is 1. The first kappa shape index (κ1) is 19.2. The predicted octanol–water partition coefficient (Wildman–Crippen LogP) is 4.68. The number of benzene rings is 2. The van der Waals surface area contributed by atoms with E-state index in [1.165, 1.54) is 7.11 Å². The zero-order chi connectivity index (χ0) is 19.4. The molecule has 0 bridgehead atoms. The van der Waals surface area contributed by atoms with Gasteiger partial charge in [-0.3, -0.25) is 4.79 Å². The monoisotopic (exact) mass is 407 g/mol. The number of ether oxygens (including phenoxy) is 2. The van der Waals surface area contributed by atoms with Gasteiger partial charge < -0.3 is 19.2 Å². The standard InChI is InChI=1S/C19H15Cl2NO5/c1-25-9-12-11-5-2-3-8-15(11)27-18(12)19(24)26-10-16(23)22-14-7-4-6-13(20)17(14)21/h2-8H,9-10H2,1H3,(H,22,23). The van der Waals surface area contributed by atoms with Crippen molar-refractivity contribution < 1.29 is 23.5 Å². The van der Waals surface area contributed by atoms with E-state index < -0.39 is 18.5 Å². The Bertz CT molecular complexity index is 999. The number of fused-ring (bicyclic) bond motifs is 1. The number of hydrogen-bond acceptors (Lipinski definition) is 5. The quantitative estimate of drug-likeness (QED) is 0.600. The summed E-state index contributed by atoms with van der Waals surface area (Å²) in [4.78, 5) is 24.4. The van der Waals surface area contributed by atoms with Crippen LogP contribution in [0.4, 0.5) is 5.69 Å². The van der Waals surface area contributed by atoms with Gasteiger partial charge in [0.15, 0.2) is 6.61 Å². The molecule has 2 aromatic carbocycles. The van der Waals surface area contributed by atoms with Gasteiger partial charge in [-0.2, -0.15) is 0 Å². The summed E-state index contributed by atoms with van der Waals surface area (Å²) in [5.41, 5.74) is 1.43. The molecular weight excluding hydrogens is 393 g/mol. The summed E-state index contributed by atoms with van der Waals surface area (Å²) in [6.07, 6.45) is 0. The van der Waals surface area contributed by atoms with Crippen LogP contribution in [0.2, 0.25) is 10.0 Å². The number of rotatable bonds is 6. The molecule has 0 saturated carbocycles. The third kappa shape index (κ3) is 4.24. The van der Waals surface area contributed by atoms with Crippen LogP contribution in [-0.2, 0) is 20.9 Å². The molecule has 0 radical (unpaired) electrons. The number of halogens is 2. The van der Waals surface area contributed by atoms with Gasteiger partial charge in [0.1, 0.15) is 5.58 Å². The Morgan fingerprint density at radius 3 is 2.67 bits per heavy atom. The highest BCUT2D eigenvalue weighted by Crippen LogP contribution is 2.30. The van der Waals surface area contributed by atoms with Gasteiger partial charge in [0.25, 0.3) is 5.91 Å². The Hall–Kier alpha value is -2.54. The fourth-order valence-electron chi connectivity index (χ4n) is 2.53. The molecule has 140 valence electrons. The van der Waals surface area contributed by atoms with Gasteiger partial charge in [-0.25, -0.2) is 4.79 Å². The Balaban J connectivity index is 1.70. The predicted molar refractivity (Wildman–Crippen MR) is 102 cm³/mol. The SMILES string of the molecule is COCc1c(C(=O)OCC(=O)Nc2cccc(Cl)c2Cl)oc2ccccc12. The number of hydrogen-bond donors (Lipinski definition) is 1. The van der Waals surface area contributed by atoms with Gasteiger partial charge in [-0.15, -0.1) is 0 Å². The number of amides is 1. The second-order valence-electron chi connectivity index (χ2n) is 5.56. The lowest BCUT2D eigenvalue weighted by Gasteiger charge is -2.08. The molecule has 1 amide bonds. The first-order chi connectivity index (χ1) is 13.0. The summed E-state index contributed by atoms with van der Waals surface area (Å²) in [7, 11) is 1.51. The molecule has 0 aliphatic carbocycles. The molecule has 1 heterocycles. The molecule has 27 heavy (non-hydrogen) atoms. The van der Waals surface area contributed by atoms with Crippen LogP contribution < -0.4 is 5.32 Å². The molecule has 0 spiro atoms. The molecule has 1 aromatic heterocycles. The zero-order valence-corrected chi connectivity index (χ0v) is 15.8. The molecule has 0 saturated heterocycles. The van der Waals surface area contributed by atoms with E-state index in [4.69, 9.17) is 37.1 Å². The van der Waals surface area contributed by atoms with Crippen LogP contribution in [0.25, 0.3) is 11.0 Å². The summed E-state index contributed by atoms with van der Waals surface area (Å²) < 4.78 is 15.8. The van der Waals surface area contributed by atoms with E-state index in [1.54, 1.807) is 30.3 Å². The van der Waals surface area contributed by atoms with Crippen LogP contribution in [0.5, 0.6) is 0 Å². The number of para-hydroxylation sites is 1. The van der Waals surface area contributed by atoms with Crippen LogP contribution in [0.3, 0.4) is 0 Å².